The first-order chi connectivity index (χ1) is 12.9. The second-order valence-electron chi connectivity index (χ2n) is 6.80. The van der Waals surface area contributed by atoms with Crippen LogP contribution in [-0.4, -0.2) is 40.1 Å². The van der Waals surface area contributed by atoms with Gasteiger partial charge >= 0.3 is 0 Å². The lowest BCUT2D eigenvalue weighted by Gasteiger charge is -2.28. The second-order valence-corrected chi connectivity index (χ2v) is 8.53. The van der Waals surface area contributed by atoms with E-state index in [2.05, 4.69) is 9.62 Å². The highest BCUT2D eigenvalue weighted by Gasteiger charge is 2.26. The van der Waals surface area contributed by atoms with Crippen LogP contribution in [0.3, 0.4) is 0 Å². The Labute approximate surface area is 160 Å². The number of ether oxygens (including phenoxy) is 1. The molecule has 1 fully saturated rings. The van der Waals surface area contributed by atoms with E-state index in [1.165, 1.54) is 12.1 Å². The zero-order chi connectivity index (χ0) is 19.4. The van der Waals surface area contributed by atoms with Crippen molar-refractivity contribution in [3.63, 3.8) is 0 Å². The molecule has 0 amide bonds. The highest BCUT2D eigenvalue weighted by atomic mass is 32.2. The van der Waals surface area contributed by atoms with Gasteiger partial charge in [-0.3, -0.25) is 4.90 Å². The van der Waals surface area contributed by atoms with Gasteiger partial charge in [0, 0.05) is 12.6 Å². The maximum absolute atomic E-state index is 13.6. The standard InChI is InChI=1S/C20H25FN2O3S/c1-15-8-9-17(21)13-20(15)27(24,25)22-14-19(23-10-3-4-11-23)16-6-5-7-18(12-16)26-2/h5-9,12-13,19,22H,3-4,10-11,14H2,1-2H3. The summed E-state index contributed by atoms with van der Waals surface area (Å²) >= 11 is 0. The fourth-order valence-corrected chi connectivity index (χ4v) is 4.78. The molecule has 1 unspecified atom stereocenters. The van der Waals surface area contributed by atoms with E-state index in [0.29, 0.717) is 5.56 Å². The Hall–Kier alpha value is -1.96. The molecule has 1 heterocycles. The van der Waals surface area contributed by atoms with Crippen molar-refractivity contribution in [3.8, 4) is 5.75 Å². The van der Waals surface area contributed by atoms with Gasteiger partial charge in [-0.25, -0.2) is 17.5 Å². The molecule has 0 spiro atoms. The summed E-state index contributed by atoms with van der Waals surface area (Å²) < 4.78 is 47.1. The Morgan fingerprint density at radius 3 is 2.63 bits per heavy atom. The Morgan fingerprint density at radius 2 is 1.93 bits per heavy atom. The Bertz CT molecular complexity index is 896. The molecule has 3 rings (SSSR count). The van der Waals surface area contributed by atoms with E-state index in [1.807, 2.05) is 24.3 Å². The summed E-state index contributed by atoms with van der Waals surface area (Å²) in [5.74, 6) is 0.172. The summed E-state index contributed by atoms with van der Waals surface area (Å²) in [5.41, 5.74) is 1.51. The molecule has 1 N–H and O–H groups in total. The van der Waals surface area contributed by atoms with E-state index in [-0.39, 0.29) is 17.5 Å². The molecule has 0 aliphatic carbocycles. The third-order valence-electron chi connectivity index (χ3n) is 4.97. The average molecular weight is 392 g/mol. The minimum Gasteiger partial charge on any atom is -0.497 e. The van der Waals surface area contributed by atoms with Crippen molar-refractivity contribution in [2.75, 3.05) is 26.7 Å². The quantitative estimate of drug-likeness (QED) is 0.786. The van der Waals surface area contributed by atoms with Gasteiger partial charge in [-0.05, 0) is 68.2 Å². The van der Waals surface area contributed by atoms with Gasteiger partial charge in [0.15, 0.2) is 0 Å². The molecule has 0 aromatic heterocycles. The van der Waals surface area contributed by atoms with Crippen LogP contribution in [0.4, 0.5) is 4.39 Å². The molecule has 5 nitrogen and oxygen atoms in total. The highest BCUT2D eigenvalue weighted by molar-refractivity contribution is 7.89. The molecule has 2 aromatic rings. The number of aryl methyl sites for hydroxylation is 1. The summed E-state index contributed by atoms with van der Waals surface area (Å²) in [7, 11) is -2.20. The topological polar surface area (TPSA) is 58.6 Å². The van der Waals surface area contributed by atoms with Gasteiger partial charge in [-0.2, -0.15) is 0 Å². The first-order valence-electron chi connectivity index (χ1n) is 9.04. The molecule has 1 aliphatic rings. The van der Waals surface area contributed by atoms with E-state index < -0.39 is 15.8 Å². The largest absolute Gasteiger partial charge is 0.497 e. The van der Waals surface area contributed by atoms with Crippen LogP contribution in [0.2, 0.25) is 0 Å². The molecule has 7 heteroatoms. The third-order valence-corrected chi connectivity index (χ3v) is 6.53. The van der Waals surface area contributed by atoms with Crippen LogP contribution in [0.25, 0.3) is 0 Å². The maximum Gasteiger partial charge on any atom is 0.240 e. The lowest BCUT2D eigenvalue weighted by Crippen LogP contribution is -2.37. The van der Waals surface area contributed by atoms with Crippen LogP contribution < -0.4 is 9.46 Å². The monoisotopic (exact) mass is 392 g/mol. The third kappa shape index (κ3) is 4.66. The van der Waals surface area contributed by atoms with Crippen molar-refractivity contribution in [3.05, 3.63) is 59.4 Å². The summed E-state index contributed by atoms with van der Waals surface area (Å²) in [6, 6.07) is 11.4. The SMILES string of the molecule is COc1cccc(C(CNS(=O)(=O)c2cc(F)ccc2C)N2CCCC2)c1. The summed E-state index contributed by atoms with van der Waals surface area (Å²) in [6.07, 6.45) is 2.19. The lowest BCUT2D eigenvalue weighted by molar-refractivity contribution is 0.246. The number of rotatable bonds is 7. The van der Waals surface area contributed by atoms with E-state index in [4.69, 9.17) is 4.74 Å². The molecule has 1 aliphatic heterocycles. The maximum atomic E-state index is 13.6. The number of methoxy groups -OCH3 is 1. The van der Waals surface area contributed by atoms with Crippen LogP contribution in [0.5, 0.6) is 5.75 Å². The van der Waals surface area contributed by atoms with E-state index >= 15 is 0 Å². The molecular formula is C20H25FN2O3S. The predicted octanol–water partition coefficient (Wildman–Crippen LogP) is 3.26. The highest BCUT2D eigenvalue weighted by Crippen LogP contribution is 2.28. The fourth-order valence-electron chi connectivity index (χ4n) is 3.49. The molecule has 1 atom stereocenters. The number of nitrogens with zero attached hydrogens (tertiary/aromatic N) is 1. The Morgan fingerprint density at radius 1 is 1.19 bits per heavy atom. The molecule has 2 aromatic carbocycles. The van der Waals surface area contributed by atoms with Crippen molar-refractivity contribution in [1.29, 1.82) is 0 Å². The molecule has 0 saturated carbocycles. The molecular weight excluding hydrogens is 367 g/mol. The van der Waals surface area contributed by atoms with Crippen molar-refractivity contribution >= 4 is 10.0 Å². The van der Waals surface area contributed by atoms with Crippen molar-refractivity contribution < 1.29 is 17.5 Å². The van der Waals surface area contributed by atoms with Gasteiger partial charge in [-0.1, -0.05) is 18.2 Å². The number of halogens is 1. The number of hydrogen-bond donors (Lipinski definition) is 1. The van der Waals surface area contributed by atoms with Crippen LogP contribution in [0.1, 0.15) is 30.0 Å². The normalized spacial score (nSPS) is 16.4. The minimum absolute atomic E-state index is 0.0201. The molecule has 27 heavy (non-hydrogen) atoms. The zero-order valence-corrected chi connectivity index (χ0v) is 16.4. The van der Waals surface area contributed by atoms with Crippen molar-refractivity contribution in [2.45, 2.75) is 30.7 Å². The van der Waals surface area contributed by atoms with Gasteiger partial charge in [0.05, 0.1) is 12.0 Å². The molecule has 146 valence electrons. The van der Waals surface area contributed by atoms with E-state index in [1.54, 1.807) is 14.0 Å². The number of hydrogen-bond acceptors (Lipinski definition) is 4. The van der Waals surface area contributed by atoms with Crippen LogP contribution in [0, 0.1) is 12.7 Å². The smallest absolute Gasteiger partial charge is 0.240 e. The van der Waals surface area contributed by atoms with Crippen LogP contribution >= 0.6 is 0 Å². The number of likely N-dealkylation sites (tertiary alicyclic amines) is 1. The van der Waals surface area contributed by atoms with Gasteiger partial charge in [0.2, 0.25) is 10.0 Å². The summed E-state index contributed by atoms with van der Waals surface area (Å²) in [5, 5.41) is 0. The predicted molar refractivity (Wildman–Crippen MR) is 103 cm³/mol. The number of benzene rings is 2. The van der Waals surface area contributed by atoms with Crippen LogP contribution in [-0.2, 0) is 10.0 Å². The Kier molecular flexibility index (Phi) is 6.14. The number of nitrogens with one attached hydrogen (secondary N) is 1. The first kappa shape index (κ1) is 19.8. The van der Waals surface area contributed by atoms with Crippen molar-refractivity contribution in [1.82, 2.24) is 9.62 Å². The first-order valence-corrected chi connectivity index (χ1v) is 10.5. The zero-order valence-electron chi connectivity index (χ0n) is 15.6. The summed E-state index contributed by atoms with van der Waals surface area (Å²) in [6.45, 7) is 3.71. The molecule has 0 radical (unpaired) electrons. The molecule has 1 saturated heterocycles. The van der Waals surface area contributed by atoms with Gasteiger partial charge < -0.3 is 4.74 Å². The average Bonchev–Trinajstić information content (AvgIpc) is 3.18. The van der Waals surface area contributed by atoms with Gasteiger partial charge in [-0.15, -0.1) is 0 Å². The number of sulfonamides is 1. The molecule has 0 bridgehead atoms. The van der Waals surface area contributed by atoms with Crippen LogP contribution in [0.15, 0.2) is 47.4 Å². The fraction of sp³-hybridized carbons (Fsp3) is 0.400. The second kappa shape index (κ2) is 8.37. The minimum atomic E-state index is -3.81. The van der Waals surface area contributed by atoms with E-state index in [0.717, 1.165) is 43.3 Å². The van der Waals surface area contributed by atoms with Gasteiger partial charge in [0.25, 0.3) is 0 Å². The lowest BCUT2D eigenvalue weighted by atomic mass is 10.1. The Balaban J connectivity index is 1.85. The van der Waals surface area contributed by atoms with Crippen molar-refractivity contribution in [2.24, 2.45) is 0 Å². The van der Waals surface area contributed by atoms with E-state index in [9.17, 15) is 12.8 Å². The van der Waals surface area contributed by atoms with Gasteiger partial charge in [0.1, 0.15) is 11.6 Å². The summed E-state index contributed by atoms with van der Waals surface area (Å²) in [4.78, 5) is 2.25.